The van der Waals surface area contributed by atoms with E-state index in [1.54, 1.807) is 6.26 Å². The lowest BCUT2D eigenvalue weighted by Gasteiger charge is -2.10. The molecule has 0 radical (unpaired) electrons. The van der Waals surface area contributed by atoms with Crippen molar-refractivity contribution in [2.45, 2.75) is 19.4 Å². The van der Waals surface area contributed by atoms with Gasteiger partial charge in [0.2, 0.25) is 0 Å². The highest BCUT2D eigenvalue weighted by Gasteiger charge is 2.07. The fraction of sp³-hybridized carbons (Fsp3) is 0.417. The maximum absolute atomic E-state index is 5.32. The summed E-state index contributed by atoms with van der Waals surface area (Å²) in [6, 6.07) is 4.14. The predicted molar refractivity (Wildman–Crippen MR) is 62.0 cm³/mol. The smallest absolute Gasteiger partial charge is 0.120 e. The van der Waals surface area contributed by atoms with Gasteiger partial charge in [0.1, 0.15) is 11.6 Å². The van der Waals surface area contributed by atoms with Crippen molar-refractivity contribution < 1.29 is 4.42 Å². The van der Waals surface area contributed by atoms with Crippen LogP contribution in [0.15, 0.2) is 35.2 Å². The van der Waals surface area contributed by atoms with Crippen LogP contribution in [0.1, 0.15) is 24.6 Å². The number of hydrogen-bond donors (Lipinski definition) is 1. The van der Waals surface area contributed by atoms with Gasteiger partial charge in [-0.05, 0) is 19.1 Å². The van der Waals surface area contributed by atoms with E-state index in [1.807, 2.05) is 36.1 Å². The van der Waals surface area contributed by atoms with E-state index < -0.39 is 0 Å². The Morgan fingerprint density at radius 2 is 2.44 bits per heavy atom. The zero-order valence-corrected chi connectivity index (χ0v) is 9.68. The van der Waals surface area contributed by atoms with Crippen LogP contribution in [0.5, 0.6) is 0 Å². The lowest BCUT2D eigenvalue weighted by atomic mass is 10.2. The maximum Gasteiger partial charge on any atom is 0.120 e. The van der Waals surface area contributed by atoms with Gasteiger partial charge in [-0.1, -0.05) is 0 Å². The number of imidazole rings is 1. The van der Waals surface area contributed by atoms with Gasteiger partial charge in [-0.2, -0.15) is 0 Å². The van der Waals surface area contributed by atoms with Crippen LogP contribution in [0.25, 0.3) is 0 Å². The average molecular weight is 219 g/mol. The van der Waals surface area contributed by atoms with Gasteiger partial charge >= 0.3 is 0 Å². The SMILES string of the molecule is C[C@H](NCCc1nccn1C)c1ccco1. The lowest BCUT2D eigenvalue weighted by molar-refractivity contribution is 0.431. The first-order valence-electron chi connectivity index (χ1n) is 5.50. The van der Waals surface area contributed by atoms with Crippen molar-refractivity contribution in [1.82, 2.24) is 14.9 Å². The van der Waals surface area contributed by atoms with Crippen LogP contribution in [-0.2, 0) is 13.5 Å². The van der Waals surface area contributed by atoms with Crippen LogP contribution in [0.4, 0.5) is 0 Å². The fourth-order valence-electron chi connectivity index (χ4n) is 1.68. The summed E-state index contributed by atoms with van der Waals surface area (Å²) in [5.41, 5.74) is 0. The molecule has 0 unspecified atom stereocenters. The third kappa shape index (κ3) is 2.52. The molecule has 0 bridgehead atoms. The van der Waals surface area contributed by atoms with Gasteiger partial charge in [-0.3, -0.25) is 0 Å². The summed E-state index contributed by atoms with van der Waals surface area (Å²) in [6.07, 6.45) is 6.41. The second-order valence-electron chi connectivity index (χ2n) is 3.90. The number of aromatic nitrogens is 2. The molecule has 1 atom stereocenters. The normalized spacial score (nSPS) is 12.9. The Bertz CT molecular complexity index is 419. The number of hydrogen-bond acceptors (Lipinski definition) is 3. The van der Waals surface area contributed by atoms with Crippen LogP contribution in [0.2, 0.25) is 0 Å². The van der Waals surface area contributed by atoms with E-state index in [4.69, 9.17) is 4.42 Å². The van der Waals surface area contributed by atoms with Crippen molar-refractivity contribution in [3.63, 3.8) is 0 Å². The highest BCUT2D eigenvalue weighted by atomic mass is 16.3. The second-order valence-corrected chi connectivity index (χ2v) is 3.90. The summed E-state index contributed by atoms with van der Waals surface area (Å²) in [5.74, 6) is 2.07. The summed E-state index contributed by atoms with van der Waals surface area (Å²) in [7, 11) is 2.01. The molecule has 4 heteroatoms. The Labute approximate surface area is 95.3 Å². The standard InChI is InChI=1S/C12H17N3O/c1-10(11-4-3-9-16-11)13-6-5-12-14-7-8-15(12)2/h3-4,7-10,13H,5-6H2,1-2H3/t10-/m0/s1. The van der Waals surface area contributed by atoms with Gasteiger partial charge in [0, 0.05) is 32.4 Å². The summed E-state index contributed by atoms with van der Waals surface area (Å²) < 4.78 is 7.36. The molecule has 0 aliphatic carbocycles. The topological polar surface area (TPSA) is 43.0 Å². The molecule has 0 aliphatic rings. The van der Waals surface area contributed by atoms with E-state index in [0.717, 1.165) is 24.6 Å². The van der Waals surface area contributed by atoms with Crippen LogP contribution in [-0.4, -0.2) is 16.1 Å². The minimum Gasteiger partial charge on any atom is -0.468 e. The predicted octanol–water partition coefficient (Wildman–Crippen LogP) is 1.91. The second kappa shape index (κ2) is 4.99. The van der Waals surface area contributed by atoms with E-state index >= 15 is 0 Å². The Kier molecular flexibility index (Phi) is 3.41. The lowest BCUT2D eigenvalue weighted by Crippen LogP contribution is -2.21. The van der Waals surface area contributed by atoms with Gasteiger partial charge in [-0.25, -0.2) is 4.98 Å². The first-order chi connectivity index (χ1) is 7.77. The maximum atomic E-state index is 5.32. The van der Waals surface area contributed by atoms with Gasteiger partial charge < -0.3 is 14.3 Å². The molecule has 16 heavy (non-hydrogen) atoms. The monoisotopic (exact) mass is 219 g/mol. The number of aryl methyl sites for hydroxylation is 1. The number of furan rings is 1. The molecule has 1 N–H and O–H groups in total. The largest absolute Gasteiger partial charge is 0.468 e. The zero-order valence-electron chi connectivity index (χ0n) is 9.68. The molecular weight excluding hydrogens is 202 g/mol. The first kappa shape index (κ1) is 11.0. The highest BCUT2D eigenvalue weighted by Crippen LogP contribution is 2.11. The van der Waals surface area contributed by atoms with Crippen LogP contribution >= 0.6 is 0 Å². The van der Waals surface area contributed by atoms with Crippen molar-refractivity contribution in [3.8, 4) is 0 Å². The summed E-state index contributed by atoms with van der Waals surface area (Å²) in [6.45, 7) is 2.99. The van der Waals surface area contributed by atoms with Gasteiger partial charge in [0.05, 0.1) is 12.3 Å². The van der Waals surface area contributed by atoms with Gasteiger partial charge in [-0.15, -0.1) is 0 Å². The molecule has 0 spiro atoms. The van der Waals surface area contributed by atoms with E-state index in [2.05, 4.69) is 17.2 Å². The number of nitrogens with zero attached hydrogens (tertiary/aromatic N) is 2. The van der Waals surface area contributed by atoms with Crippen LogP contribution in [0.3, 0.4) is 0 Å². The summed E-state index contributed by atoms with van der Waals surface area (Å²) in [5, 5.41) is 3.40. The molecule has 0 aromatic carbocycles. The van der Waals surface area contributed by atoms with Crippen molar-refractivity contribution in [2.75, 3.05) is 6.54 Å². The van der Waals surface area contributed by atoms with E-state index in [0.29, 0.717) is 0 Å². The summed E-state index contributed by atoms with van der Waals surface area (Å²) in [4.78, 5) is 4.27. The van der Waals surface area contributed by atoms with Crippen LogP contribution < -0.4 is 5.32 Å². The fourth-order valence-corrected chi connectivity index (χ4v) is 1.68. The van der Waals surface area contributed by atoms with Gasteiger partial charge in [0.15, 0.2) is 0 Å². The molecule has 2 rings (SSSR count). The molecular formula is C12H17N3O. The summed E-state index contributed by atoms with van der Waals surface area (Å²) >= 11 is 0. The molecule has 0 saturated heterocycles. The van der Waals surface area contributed by atoms with Crippen molar-refractivity contribution in [3.05, 3.63) is 42.4 Å². The minimum atomic E-state index is 0.246. The molecule has 0 fully saturated rings. The van der Waals surface area contributed by atoms with E-state index in [9.17, 15) is 0 Å². The molecule has 4 nitrogen and oxygen atoms in total. The van der Waals surface area contributed by atoms with Crippen molar-refractivity contribution >= 4 is 0 Å². The molecule has 2 heterocycles. The van der Waals surface area contributed by atoms with E-state index in [1.165, 1.54) is 0 Å². The first-order valence-corrected chi connectivity index (χ1v) is 5.50. The van der Waals surface area contributed by atoms with Crippen molar-refractivity contribution in [1.29, 1.82) is 0 Å². The quantitative estimate of drug-likeness (QED) is 0.835. The Morgan fingerprint density at radius 1 is 1.56 bits per heavy atom. The van der Waals surface area contributed by atoms with Crippen LogP contribution in [0, 0.1) is 0 Å². The molecule has 0 amide bonds. The third-order valence-electron chi connectivity index (χ3n) is 2.69. The molecule has 86 valence electrons. The minimum absolute atomic E-state index is 0.246. The molecule has 0 saturated carbocycles. The highest BCUT2D eigenvalue weighted by molar-refractivity contribution is 5.03. The van der Waals surface area contributed by atoms with Crippen molar-refractivity contribution in [2.24, 2.45) is 7.05 Å². The van der Waals surface area contributed by atoms with E-state index in [-0.39, 0.29) is 6.04 Å². The molecule has 2 aromatic heterocycles. The van der Waals surface area contributed by atoms with Gasteiger partial charge in [0.25, 0.3) is 0 Å². The Hall–Kier alpha value is -1.55. The number of rotatable bonds is 5. The Balaban J connectivity index is 1.78. The average Bonchev–Trinajstić information content (AvgIpc) is 2.90. The third-order valence-corrected chi connectivity index (χ3v) is 2.69. The molecule has 2 aromatic rings. The number of nitrogens with one attached hydrogen (secondary N) is 1. The molecule has 0 aliphatic heterocycles. The Morgan fingerprint density at radius 3 is 3.06 bits per heavy atom. The zero-order chi connectivity index (χ0) is 11.4.